The summed E-state index contributed by atoms with van der Waals surface area (Å²) in [5.74, 6) is -0.574. The Hall–Kier alpha value is -2.76. The van der Waals surface area contributed by atoms with E-state index in [1.54, 1.807) is 19.9 Å². The molecule has 0 saturated carbocycles. The van der Waals surface area contributed by atoms with E-state index in [-0.39, 0.29) is 29.4 Å². The second-order valence-corrected chi connectivity index (χ2v) is 7.78. The molecular formula is C18H17F3N4O2. The maximum Gasteiger partial charge on any atom is 0.418 e. The lowest BCUT2D eigenvalue weighted by Crippen LogP contribution is -2.61. The van der Waals surface area contributed by atoms with E-state index in [9.17, 15) is 28.0 Å². The van der Waals surface area contributed by atoms with Crippen molar-refractivity contribution in [1.82, 2.24) is 15.1 Å². The van der Waals surface area contributed by atoms with Crippen LogP contribution in [-0.4, -0.2) is 39.9 Å². The summed E-state index contributed by atoms with van der Waals surface area (Å²) in [6.45, 7) is 4.18. The fourth-order valence-corrected chi connectivity index (χ4v) is 3.84. The molecule has 0 radical (unpaired) electrons. The zero-order valence-corrected chi connectivity index (χ0v) is 14.8. The SMILES string of the molecule is CC1(C)CC2(C=C(C#N)C1=O)CN(C(=O)Cc1cc(C(F)(F)F)cnn1)C2. The van der Waals surface area contributed by atoms with E-state index in [4.69, 9.17) is 0 Å². The molecule has 1 aliphatic heterocycles. The third-order valence-electron chi connectivity index (χ3n) is 4.95. The van der Waals surface area contributed by atoms with E-state index in [1.165, 1.54) is 4.90 Å². The average molecular weight is 378 g/mol. The van der Waals surface area contributed by atoms with Gasteiger partial charge < -0.3 is 4.90 Å². The summed E-state index contributed by atoms with van der Waals surface area (Å²) in [4.78, 5) is 26.1. The summed E-state index contributed by atoms with van der Waals surface area (Å²) in [5.41, 5.74) is -2.04. The highest BCUT2D eigenvalue weighted by molar-refractivity contribution is 6.03. The number of aromatic nitrogens is 2. The molecule has 1 saturated heterocycles. The van der Waals surface area contributed by atoms with Crippen LogP contribution in [0.5, 0.6) is 0 Å². The molecule has 0 atom stereocenters. The van der Waals surface area contributed by atoms with Crippen LogP contribution in [0.25, 0.3) is 0 Å². The highest BCUT2D eigenvalue weighted by Gasteiger charge is 2.52. The lowest BCUT2D eigenvalue weighted by atomic mass is 9.61. The Balaban J connectivity index is 1.70. The van der Waals surface area contributed by atoms with Gasteiger partial charge in [-0.05, 0) is 12.5 Å². The molecule has 1 fully saturated rings. The molecule has 0 N–H and O–H groups in total. The smallest absolute Gasteiger partial charge is 0.340 e. The average Bonchev–Trinajstić information content (AvgIpc) is 2.54. The van der Waals surface area contributed by atoms with E-state index < -0.39 is 22.6 Å². The van der Waals surface area contributed by atoms with E-state index in [0.717, 1.165) is 6.07 Å². The number of hydrogen-bond acceptors (Lipinski definition) is 5. The molecule has 2 aliphatic rings. The van der Waals surface area contributed by atoms with Gasteiger partial charge in [0.05, 0.1) is 29.4 Å². The van der Waals surface area contributed by atoms with Gasteiger partial charge in [0.25, 0.3) is 0 Å². The molecule has 0 unspecified atom stereocenters. The van der Waals surface area contributed by atoms with Gasteiger partial charge in [0.2, 0.25) is 5.91 Å². The van der Waals surface area contributed by atoms with E-state index >= 15 is 0 Å². The molecular weight excluding hydrogens is 361 g/mol. The monoisotopic (exact) mass is 378 g/mol. The van der Waals surface area contributed by atoms with E-state index in [2.05, 4.69) is 10.2 Å². The minimum Gasteiger partial charge on any atom is -0.340 e. The maximum atomic E-state index is 12.7. The Morgan fingerprint density at radius 1 is 1.37 bits per heavy atom. The summed E-state index contributed by atoms with van der Waals surface area (Å²) in [6, 6.07) is 2.74. The van der Waals surface area contributed by atoms with Crippen LogP contribution in [0, 0.1) is 22.2 Å². The van der Waals surface area contributed by atoms with E-state index in [1.807, 2.05) is 6.07 Å². The van der Waals surface area contributed by atoms with Gasteiger partial charge in [0, 0.05) is 23.9 Å². The molecule has 142 valence electrons. The summed E-state index contributed by atoms with van der Waals surface area (Å²) in [5, 5.41) is 16.1. The number of hydrogen-bond donors (Lipinski definition) is 0. The van der Waals surface area contributed by atoms with Crippen molar-refractivity contribution < 1.29 is 22.8 Å². The van der Waals surface area contributed by atoms with Crippen molar-refractivity contribution in [3.8, 4) is 6.07 Å². The van der Waals surface area contributed by atoms with Gasteiger partial charge in [-0.3, -0.25) is 9.59 Å². The standard InChI is InChI=1S/C18H17F3N4O2/c1-16(2)8-17(5-11(6-22)15(16)27)9-25(10-17)14(26)4-13-3-12(7-23-24-13)18(19,20)21/h3,5,7H,4,8-10H2,1-2H3. The Kier molecular flexibility index (Phi) is 4.33. The predicted octanol–water partition coefficient (Wildman–Crippen LogP) is 2.32. The van der Waals surface area contributed by atoms with Crippen LogP contribution in [0.4, 0.5) is 13.2 Å². The number of rotatable bonds is 2. The summed E-state index contributed by atoms with van der Waals surface area (Å²) in [7, 11) is 0. The van der Waals surface area contributed by atoms with Crippen molar-refractivity contribution in [3.63, 3.8) is 0 Å². The number of carbonyl (C=O) groups excluding carboxylic acids is 2. The predicted molar refractivity (Wildman–Crippen MR) is 86.9 cm³/mol. The summed E-state index contributed by atoms with van der Waals surface area (Å²) < 4.78 is 38.2. The topological polar surface area (TPSA) is 87.0 Å². The van der Waals surface area contributed by atoms with Gasteiger partial charge in [-0.2, -0.15) is 28.6 Å². The molecule has 6 nitrogen and oxygen atoms in total. The highest BCUT2D eigenvalue weighted by atomic mass is 19.4. The van der Waals surface area contributed by atoms with Crippen molar-refractivity contribution in [3.05, 3.63) is 35.2 Å². The van der Waals surface area contributed by atoms with Crippen molar-refractivity contribution in [2.24, 2.45) is 10.8 Å². The van der Waals surface area contributed by atoms with Crippen LogP contribution in [0.3, 0.4) is 0 Å². The Bertz CT molecular complexity index is 877. The minimum atomic E-state index is -4.55. The lowest BCUT2D eigenvalue weighted by molar-refractivity contribution is -0.144. The molecule has 2 heterocycles. The molecule has 1 aromatic rings. The number of likely N-dealkylation sites (tertiary alicyclic amines) is 1. The van der Waals surface area contributed by atoms with Crippen molar-refractivity contribution >= 4 is 11.7 Å². The quantitative estimate of drug-likeness (QED) is 0.788. The minimum absolute atomic E-state index is 0.0526. The van der Waals surface area contributed by atoms with Crippen LogP contribution < -0.4 is 0 Å². The Morgan fingerprint density at radius 3 is 2.63 bits per heavy atom. The molecule has 1 aromatic heterocycles. The highest BCUT2D eigenvalue weighted by Crippen LogP contribution is 2.48. The zero-order valence-electron chi connectivity index (χ0n) is 14.8. The fourth-order valence-electron chi connectivity index (χ4n) is 3.84. The van der Waals surface area contributed by atoms with Crippen LogP contribution in [0.1, 0.15) is 31.5 Å². The first-order valence-electron chi connectivity index (χ1n) is 8.30. The maximum absolute atomic E-state index is 12.7. The Labute approximate surface area is 153 Å². The fraction of sp³-hybridized carbons (Fsp3) is 0.500. The molecule has 1 aliphatic carbocycles. The molecule has 27 heavy (non-hydrogen) atoms. The van der Waals surface area contributed by atoms with Crippen molar-refractivity contribution in [1.29, 1.82) is 5.26 Å². The van der Waals surface area contributed by atoms with Crippen LogP contribution in [0.15, 0.2) is 23.9 Å². The molecule has 0 bridgehead atoms. The summed E-state index contributed by atoms with van der Waals surface area (Å²) in [6.07, 6.45) is -2.08. The van der Waals surface area contributed by atoms with Crippen LogP contribution in [-0.2, 0) is 22.2 Å². The van der Waals surface area contributed by atoms with Crippen molar-refractivity contribution in [2.45, 2.75) is 32.9 Å². The number of allylic oxidation sites excluding steroid dienone is 1. The van der Waals surface area contributed by atoms with Gasteiger partial charge in [-0.25, -0.2) is 0 Å². The third kappa shape index (κ3) is 3.56. The summed E-state index contributed by atoms with van der Waals surface area (Å²) >= 11 is 0. The molecule has 9 heteroatoms. The number of nitriles is 1. The van der Waals surface area contributed by atoms with Gasteiger partial charge in [-0.15, -0.1) is 0 Å². The molecule has 0 aromatic carbocycles. The largest absolute Gasteiger partial charge is 0.418 e. The lowest BCUT2D eigenvalue weighted by Gasteiger charge is -2.53. The molecule has 1 spiro atoms. The number of ketones is 1. The zero-order chi connectivity index (χ0) is 20.0. The first-order chi connectivity index (χ1) is 12.5. The normalized spacial score (nSPS) is 20.7. The number of Topliss-reactive ketones (excluding diaryl/α,β-unsaturated/α-hetero) is 1. The molecule has 1 amide bonds. The van der Waals surface area contributed by atoms with Crippen LogP contribution >= 0.6 is 0 Å². The second-order valence-electron chi connectivity index (χ2n) is 7.78. The first-order valence-corrected chi connectivity index (χ1v) is 8.30. The van der Waals surface area contributed by atoms with Crippen molar-refractivity contribution in [2.75, 3.05) is 13.1 Å². The number of alkyl halides is 3. The van der Waals surface area contributed by atoms with Gasteiger partial charge in [0.15, 0.2) is 5.78 Å². The van der Waals surface area contributed by atoms with Gasteiger partial charge in [0.1, 0.15) is 6.07 Å². The van der Waals surface area contributed by atoms with Gasteiger partial charge >= 0.3 is 6.18 Å². The van der Waals surface area contributed by atoms with Gasteiger partial charge in [-0.1, -0.05) is 19.9 Å². The number of nitrogens with zero attached hydrogens (tertiary/aromatic N) is 4. The number of amides is 1. The van der Waals surface area contributed by atoms with Crippen LogP contribution in [0.2, 0.25) is 0 Å². The molecule has 3 rings (SSSR count). The number of halogens is 3. The number of carbonyl (C=O) groups is 2. The second kappa shape index (κ2) is 6.15. The first kappa shape index (κ1) is 19.0. The third-order valence-corrected chi connectivity index (χ3v) is 4.95. The van der Waals surface area contributed by atoms with E-state index in [0.29, 0.717) is 25.7 Å². The Morgan fingerprint density at radius 2 is 2.04 bits per heavy atom.